The summed E-state index contributed by atoms with van der Waals surface area (Å²) in [5.74, 6) is 0.211. The van der Waals surface area contributed by atoms with Crippen LogP contribution in [-0.4, -0.2) is 68.7 Å². The molecule has 188 valence electrons. The van der Waals surface area contributed by atoms with E-state index in [0.29, 0.717) is 49.3 Å². The molecule has 3 aliphatic heterocycles. The van der Waals surface area contributed by atoms with Crippen LogP contribution >= 0.6 is 0 Å². The number of benzene rings is 1. The van der Waals surface area contributed by atoms with Gasteiger partial charge in [0.15, 0.2) is 0 Å². The molecule has 3 heterocycles. The average Bonchev–Trinajstić information content (AvgIpc) is 3.51. The first kappa shape index (κ1) is 24.8. The van der Waals surface area contributed by atoms with E-state index in [-0.39, 0.29) is 23.3 Å². The van der Waals surface area contributed by atoms with Crippen molar-refractivity contribution in [3.05, 3.63) is 46.3 Å². The van der Waals surface area contributed by atoms with Crippen LogP contribution in [0.1, 0.15) is 42.9 Å². The van der Waals surface area contributed by atoms with Gasteiger partial charge in [0, 0.05) is 86.6 Å². The second-order valence-electron chi connectivity index (χ2n) is 9.11. The molecule has 1 aromatic carbocycles. The van der Waals surface area contributed by atoms with Crippen LogP contribution < -0.4 is 21.3 Å². The van der Waals surface area contributed by atoms with E-state index in [4.69, 9.17) is 11.1 Å². The first-order valence-corrected chi connectivity index (χ1v) is 11.9. The van der Waals surface area contributed by atoms with Gasteiger partial charge in [0.2, 0.25) is 5.91 Å². The molecule has 1 amide bonds. The first-order valence-electron chi connectivity index (χ1n) is 11.9. The van der Waals surface area contributed by atoms with E-state index in [0.717, 1.165) is 36.3 Å². The molecular formula is C25H33F2N7O. The number of halogens is 2. The number of allylic oxidation sites excluding steroid dienone is 1. The molecule has 1 atom stereocenters. The Labute approximate surface area is 204 Å². The number of hydrogen-bond acceptors (Lipinski definition) is 6. The van der Waals surface area contributed by atoms with Gasteiger partial charge in [-0.2, -0.15) is 0 Å². The van der Waals surface area contributed by atoms with Crippen molar-refractivity contribution < 1.29 is 13.6 Å². The number of fused-ring (bicyclic) bond motifs is 1. The third kappa shape index (κ3) is 5.07. The number of rotatable bonds is 6. The lowest BCUT2D eigenvalue weighted by Crippen LogP contribution is -2.45. The van der Waals surface area contributed by atoms with Gasteiger partial charge in [-0.25, -0.2) is 8.78 Å². The summed E-state index contributed by atoms with van der Waals surface area (Å²) < 4.78 is 28.2. The SMILES string of the molecule is CN=CC(=CN)c1cc2c(cc1C(F)F)N(C(=N)C1=C(NC3CCNC3)CCN(C(C)=O)C1)CC2. The molecule has 0 spiro atoms. The van der Waals surface area contributed by atoms with Gasteiger partial charge >= 0.3 is 0 Å². The van der Waals surface area contributed by atoms with Crippen LogP contribution in [0.4, 0.5) is 14.5 Å². The highest BCUT2D eigenvalue weighted by Crippen LogP contribution is 2.38. The number of nitrogens with one attached hydrogen (secondary N) is 3. The number of nitrogens with two attached hydrogens (primary N) is 1. The number of amides is 1. The smallest absolute Gasteiger partial charge is 0.264 e. The summed E-state index contributed by atoms with van der Waals surface area (Å²) in [5.41, 5.74) is 9.55. The molecule has 1 fully saturated rings. The molecule has 3 aliphatic rings. The van der Waals surface area contributed by atoms with E-state index in [1.165, 1.54) is 25.4 Å². The summed E-state index contributed by atoms with van der Waals surface area (Å²) in [5, 5.41) is 16.0. The van der Waals surface area contributed by atoms with Crippen molar-refractivity contribution in [2.45, 2.75) is 38.7 Å². The molecule has 0 radical (unpaired) electrons. The number of carbonyl (C=O) groups excluding carboxylic acids is 1. The number of aliphatic imine (C=N–C) groups is 1. The second-order valence-corrected chi connectivity index (χ2v) is 9.11. The van der Waals surface area contributed by atoms with E-state index in [9.17, 15) is 13.6 Å². The van der Waals surface area contributed by atoms with Crippen LogP contribution in [0, 0.1) is 5.41 Å². The van der Waals surface area contributed by atoms with E-state index in [1.807, 2.05) is 0 Å². The molecule has 35 heavy (non-hydrogen) atoms. The maximum absolute atomic E-state index is 14.1. The van der Waals surface area contributed by atoms with Gasteiger partial charge in [-0.1, -0.05) is 0 Å². The number of hydrogen-bond donors (Lipinski definition) is 4. The van der Waals surface area contributed by atoms with E-state index in [1.54, 1.807) is 22.9 Å². The quantitative estimate of drug-likeness (QED) is 0.366. The first-order chi connectivity index (χ1) is 16.8. The third-order valence-corrected chi connectivity index (χ3v) is 6.92. The summed E-state index contributed by atoms with van der Waals surface area (Å²) >= 11 is 0. The Balaban J connectivity index is 1.71. The van der Waals surface area contributed by atoms with Crippen LogP contribution in [-0.2, 0) is 11.2 Å². The topological polar surface area (TPSA) is 110 Å². The summed E-state index contributed by atoms with van der Waals surface area (Å²) in [6, 6.07) is 3.49. The minimum Gasteiger partial charge on any atom is -0.404 e. The number of amidine groups is 1. The minimum atomic E-state index is -2.71. The highest BCUT2D eigenvalue weighted by atomic mass is 19.3. The predicted octanol–water partition coefficient (Wildman–Crippen LogP) is 2.42. The van der Waals surface area contributed by atoms with Gasteiger partial charge in [0.25, 0.3) is 6.43 Å². The van der Waals surface area contributed by atoms with Crippen molar-refractivity contribution in [3.8, 4) is 0 Å². The Morgan fingerprint density at radius 1 is 1.34 bits per heavy atom. The van der Waals surface area contributed by atoms with Gasteiger partial charge in [-0.3, -0.25) is 15.2 Å². The fraction of sp³-hybridized carbons (Fsp3) is 0.480. The monoisotopic (exact) mass is 485 g/mol. The van der Waals surface area contributed by atoms with Crippen molar-refractivity contribution in [1.29, 1.82) is 5.41 Å². The molecule has 0 bridgehead atoms. The fourth-order valence-electron chi connectivity index (χ4n) is 5.05. The lowest BCUT2D eigenvalue weighted by Gasteiger charge is -2.34. The van der Waals surface area contributed by atoms with Crippen molar-refractivity contribution in [2.75, 3.05) is 44.7 Å². The van der Waals surface area contributed by atoms with Crippen LogP contribution in [0.5, 0.6) is 0 Å². The molecule has 0 aliphatic carbocycles. The highest BCUT2D eigenvalue weighted by Gasteiger charge is 2.32. The summed E-state index contributed by atoms with van der Waals surface area (Å²) in [6.07, 6.45) is 2.30. The van der Waals surface area contributed by atoms with Gasteiger partial charge < -0.3 is 26.2 Å². The maximum Gasteiger partial charge on any atom is 0.264 e. The summed E-state index contributed by atoms with van der Waals surface area (Å²) in [6.45, 7) is 4.76. The zero-order valence-corrected chi connectivity index (χ0v) is 20.2. The second kappa shape index (κ2) is 10.6. The molecule has 0 aromatic heterocycles. The van der Waals surface area contributed by atoms with Crippen molar-refractivity contribution in [3.63, 3.8) is 0 Å². The minimum absolute atomic E-state index is 0.0398. The number of alkyl halides is 2. The molecule has 0 saturated carbocycles. The normalized spacial score (nSPS) is 20.8. The Hall–Kier alpha value is -3.27. The zero-order valence-electron chi connectivity index (χ0n) is 20.2. The molecule has 8 nitrogen and oxygen atoms in total. The highest BCUT2D eigenvalue weighted by molar-refractivity contribution is 6.12. The van der Waals surface area contributed by atoms with E-state index < -0.39 is 6.43 Å². The molecule has 1 saturated heterocycles. The number of nitrogens with zero attached hydrogens (tertiary/aromatic N) is 3. The Morgan fingerprint density at radius 3 is 2.77 bits per heavy atom. The van der Waals surface area contributed by atoms with Crippen LogP contribution in [0.3, 0.4) is 0 Å². The Kier molecular flexibility index (Phi) is 7.49. The lowest BCUT2D eigenvalue weighted by atomic mass is 9.96. The Bertz CT molecular complexity index is 1090. The van der Waals surface area contributed by atoms with Crippen molar-refractivity contribution in [2.24, 2.45) is 10.7 Å². The summed E-state index contributed by atoms with van der Waals surface area (Å²) in [7, 11) is 1.57. The maximum atomic E-state index is 14.1. The number of anilines is 1. The van der Waals surface area contributed by atoms with Gasteiger partial charge in [-0.15, -0.1) is 0 Å². The largest absolute Gasteiger partial charge is 0.404 e. The fourth-order valence-corrected chi connectivity index (χ4v) is 5.05. The molecule has 10 heteroatoms. The standard InChI is InChI=1S/C25H33F2N7O/c1-15(35)33-7-5-22(32-18-3-6-31-13-18)21(14-33)25(29)34-8-4-16-9-19(17(11-28)12-30-2)20(24(26)27)10-23(16)34/h9-12,18,24,29,31-32H,3-8,13-14,28H2,1-2H3. The average molecular weight is 486 g/mol. The van der Waals surface area contributed by atoms with Crippen LogP contribution in [0.2, 0.25) is 0 Å². The van der Waals surface area contributed by atoms with Crippen molar-refractivity contribution >= 4 is 29.2 Å². The van der Waals surface area contributed by atoms with Crippen LogP contribution in [0.25, 0.3) is 5.57 Å². The molecule has 1 unspecified atom stereocenters. The Morgan fingerprint density at radius 2 is 2.14 bits per heavy atom. The predicted molar refractivity (Wildman–Crippen MR) is 135 cm³/mol. The van der Waals surface area contributed by atoms with Crippen LogP contribution in [0.15, 0.2) is 34.6 Å². The molecular weight excluding hydrogens is 452 g/mol. The van der Waals surface area contributed by atoms with E-state index >= 15 is 0 Å². The molecule has 5 N–H and O–H groups in total. The molecule has 1 aromatic rings. The van der Waals surface area contributed by atoms with E-state index in [2.05, 4.69) is 15.6 Å². The summed E-state index contributed by atoms with van der Waals surface area (Å²) in [4.78, 5) is 19.6. The third-order valence-electron chi connectivity index (χ3n) is 6.92. The van der Waals surface area contributed by atoms with Crippen molar-refractivity contribution in [1.82, 2.24) is 15.5 Å². The van der Waals surface area contributed by atoms with Gasteiger partial charge in [0.05, 0.1) is 6.54 Å². The number of carbonyl (C=O) groups is 1. The van der Waals surface area contributed by atoms with Gasteiger partial charge in [-0.05, 0) is 42.6 Å². The zero-order chi connectivity index (χ0) is 25.1. The van der Waals surface area contributed by atoms with Gasteiger partial charge in [0.1, 0.15) is 5.84 Å². The molecule has 4 rings (SSSR count). The lowest BCUT2D eigenvalue weighted by molar-refractivity contribution is -0.128.